The van der Waals surface area contributed by atoms with Crippen molar-refractivity contribution < 1.29 is 9.53 Å². The van der Waals surface area contributed by atoms with Gasteiger partial charge in [-0.15, -0.1) is 0 Å². The lowest BCUT2D eigenvalue weighted by molar-refractivity contribution is -0.114. The number of benzene rings is 1. The number of aromatic nitrogens is 1. The van der Waals surface area contributed by atoms with Gasteiger partial charge in [-0.3, -0.25) is 9.69 Å². The fourth-order valence-electron chi connectivity index (χ4n) is 3.02. The molecular weight excluding hydrogens is 346 g/mol. The summed E-state index contributed by atoms with van der Waals surface area (Å²) in [6, 6.07) is 9.47. The zero-order chi connectivity index (χ0) is 19.0. The standard InChI is InChI=1S/C20H23N3O2S/c1-6-25-17-9-7-16(8-10-17)23-19(24)18(22(5)20(23)26)12-15-11-13(2)21(4)14(15)3/h7-12H,6H2,1-5H3/b18-12-. The fourth-order valence-corrected chi connectivity index (χ4v) is 3.31. The van der Waals surface area contributed by atoms with Gasteiger partial charge in [0.15, 0.2) is 5.11 Å². The van der Waals surface area contributed by atoms with Crippen LogP contribution in [0.5, 0.6) is 5.75 Å². The highest BCUT2D eigenvalue weighted by molar-refractivity contribution is 7.80. The minimum atomic E-state index is -0.123. The summed E-state index contributed by atoms with van der Waals surface area (Å²) in [5.41, 5.74) is 4.59. The van der Waals surface area contributed by atoms with E-state index in [-0.39, 0.29) is 5.91 Å². The second-order valence-corrected chi connectivity index (χ2v) is 6.69. The first kappa shape index (κ1) is 18.2. The number of amides is 1. The van der Waals surface area contributed by atoms with E-state index in [0.29, 0.717) is 17.4 Å². The van der Waals surface area contributed by atoms with Crippen LogP contribution in [0.4, 0.5) is 5.69 Å². The Bertz CT molecular complexity index is 897. The van der Waals surface area contributed by atoms with E-state index >= 15 is 0 Å². The molecular formula is C20H23N3O2S. The summed E-state index contributed by atoms with van der Waals surface area (Å²) in [6.07, 6.45) is 1.91. The smallest absolute Gasteiger partial charge is 0.281 e. The maximum Gasteiger partial charge on any atom is 0.281 e. The molecule has 0 unspecified atom stereocenters. The molecule has 2 heterocycles. The van der Waals surface area contributed by atoms with Crippen molar-refractivity contribution in [3.8, 4) is 5.75 Å². The molecule has 1 aromatic heterocycles. The number of aryl methyl sites for hydroxylation is 1. The van der Waals surface area contributed by atoms with Crippen LogP contribution >= 0.6 is 12.2 Å². The predicted octanol–water partition coefficient (Wildman–Crippen LogP) is 3.65. The summed E-state index contributed by atoms with van der Waals surface area (Å²) in [6.45, 7) is 6.63. The van der Waals surface area contributed by atoms with Crippen molar-refractivity contribution in [2.45, 2.75) is 20.8 Å². The highest BCUT2D eigenvalue weighted by Crippen LogP contribution is 2.30. The van der Waals surface area contributed by atoms with Crippen LogP contribution in [0.25, 0.3) is 6.08 Å². The predicted molar refractivity (Wildman–Crippen MR) is 108 cm³/mol. The summed E-state index contributed by atoms with van der Waals surface area (Å²) in [4.78, 5) is 16.4. The largest absolute Gasteiger partial charge is 0.494 e. The number of likely N-dealkylation sites (N-methyl/N-ethyl adjacent to an activating group) is 1. The number of thiocarbonyl (C=S) groups is 1. The van der Waals surface area contributed by atoms with Crippen molar-refractivity contribution in [3.63, 3.8) is 0 Å². The molecule has 0 radical (unpaired) electrons. The summed E-state index contributed by atoms with van der Waals surface area (Å²) >= 11 is 5.52. The zero-order valence-corrected chi connectivity index (χ0v) is 16.6. The van der Waals surface area contributed by atoms with Gasteiger partial charge in [-0.25, -0.2) is 0 Å². The maximum absolute atomic E-state index is 13.0. The minimum absolute atomic E-state index is 0.123. The van der Waals surface area contributed by atoms with E-state index < -0.39 is 0 Å². The van der Waals surface area contributed by atoms with Crippen molar-refractivity contribution in [3.05, 3.63) is 53.0 Å². The number of nitrogens with zero attached hydrogens (tertiary/aromatic N) is 3. The second-order valence-electron chi connectivity index (χ2n) is 6.32. The van der Waals surface area contributed by atoms with E-state index in [2.05, 4.69) is 10.6 Å². The van der Waals surface area contributed by atoms with Crippen LogP contribution in [0.3, 0.4) is 0 Å². The van der Waals surface area contributed by atoms with Crippen molar-refractivity contribution in [2.75, 3.05) is 18.6 Å². The summed E-state index contributed by atoms with van der Waals surface area (Å²) in [5, 5.41) is 0.468. The Balaban J connectivity index is 1.96. The van der Waals surface area contributed by atoms with Crippen LogP contribution in [-0.2, 0) is 11.8 Å². The minimum Gasteiger partial charge on any atom is -0.494 e. The lowest BCUT2D eigenvalue weighted by Crippen LogP contribution is -2.31. The molecule has 0 atom stereocenters. The molecule has 1 aliphatic heterocycles. The van der Waals surface area contributed by atoms with Crippen molar-refractivity contribution in [1.82, 2.24) is 9.47 Å². The van der Waals surface area contributed by atoms with E-state index in [4.69, 9.17) is 17.0 Å². The summed E-state index contributed by atoms with van der Waals surface area (Å²) < 4.78 is 7.57. The average Bonchev–Trinajstić information content (AvgIpc) is 2.98. The molecule has 0 aliphatic carbocycles. The van der Waals surface area contributed by atoms with E-state index in [0.717, 1.165) is 28.4 Å². The van der Waals surface area contributed by atoms with E-state index in [9.17, 15) is 4.79 Å². The van der Waals surface area contributed by atoms with Crippen LogP contribution in [0.15, 0.2) is 36.0 Å². The van der Waals surface area contributed by atoms with Crippen LogP contribution < -0.4 is 9.64 Å². The molecule has 0 N–H and O–H groups in total. The quantitative estimate of drug-likeness (QED) is 0.609. The molecule has 6 heteroatoms. The van der Waals surface area contributed by atoms with Gasteiger partial charge in [0.25, 0.3) is 5.91 Å². The monoisotopic (exact) mass is 369 g/mol. The van der Waals surface area contributed by atoms with Crippen molar-refractivity contribution in [1.29, 1.82) is 0 Å². The zero-order valence-electron chi connectivity index (χ0n) is 15.7. The third kappa shape index (κ3) is 3.01. The number of anilines is 1. The highest BCUT2D eigenvalue weighted by Gasteiger charge is 2.36. The van der Waals surface area contributed by atoms with Crippen LogP contribution in [-0.4, -0.2) is 34.1 Å². The number of ether oxygens (including phenoxy) is 1. The van der Waals surface area contributed by atoms with Gasteiger partial charge in [0, 0.05) is 25.5 Å². The van der Waals surface area contributed by atoms with Gasteiger partial charge in [-0.2, -0.15) is 0 Å². The first-order valence-electron chi connectivity index (χ1n) is 8.54. The average molecular weight is 369 g/mol. The van der Waals surface area contributed by atoms with E-state index in [1.165, 1.54) is 0 Å². The van der Waals surface area contributed by atoms with E-state index in [1.54, 1.807) is 9.80 Å². The van der Waals surface area contributed by atoms with Gasteiger partial charge in [0.05, 0.1) is 12.3 Å². The third-order valence-corrected chi connectivity index (χ3v) is 5.23. The lowest BCUT2D eigenvalue weighted by atomic mass is 10.2. The highest BCUT2D eigenvalue weighted by atomic mass is 32.1. The van der Waals surface area contributed by atoms with Crippen LogP contribution in [0, 0.1) is 13.8 Å². The lowest BCUT2D eigenvalue weighted by Gasteiger charge is -2.16. The number of hydrogen-bond acceptors (Lipinski definition) is 3. The van der Waals surface area contributed by atoms with Crippen LogP contribution in [0.1, 0.15) is 23.9 Å². The number of carbonyl (C=O) groups excluding carboxylic acids is 1. The molecule has 1 aliphatic rings. The summed E-state index contributed by atoms with van der Waals surface area (Å²) in [7, 11) is 3.84. The molecule has 1 saturated heterocycles. The Hall–Kier alpha value is -2.60. The Labute approximate surface area is 159 Å². The SMILES string of the molecule is CCOc1ccc(N2C(=O)/C(=C/c3cc(C)n(C)c3C)N(C)C2=S)cc1. The van der Waals surface area contributed by atoms with Crippen molar-refractivity contribution >= 4 is 35.0 Å². The Morgan fingerprint density at radius 1 is 1.15 bits per heavy atom. The number of hydrogen-bond donors (Lipinski definition) is 0. The van der Waals surface area contributed by atoms with E-state index in [1.807, 2.05) is 65.2 Å². The third-order valence-electron chi connectivity index (χ3n) is 4.77. The first-order valence-corrected chi connectivity index (χ1v) is 8.95. The van der Waals surface area contributed by atoms with Crippen LogP contribution in [0.2, 0.25) is 0 Å². The van der Waals surface area contributed by atoms with Gasteiger partial charge in [-0.05, 0) is 75.0 Å². The molecule has 5 nitrogen and oxygen atoms in total. The molecule has 0 spiro atoms. The fraction of sp³-hybridized carbons (Fsp3) is 0.300. The first-order chi connectivity index (χ1) is 12.3. The number of carbonyl (C=O) groups is 1. The maximum atomic E-state index is 13.0. The molecule has 26 heavy (non-hydrogen) atoms. The van der Waals surface area contributed by atoms with Crippen molar-refractivity contribution in [2.24, 2.45) is 7.05 Å². The molecule has 0 bridgehead atoms. The molecule has 3 rings (SSSR count). The summed E-state index contributed by atoms with van der Waals surface area (Å²) in [5.74, 6) is 0.649. The van der Waals surface area contributed by atoms with Gasteiger partial charge in [0.1, 0.15) is 11.4 Å². The topological polar surface area (TPSA) is 37.7 Å². The molecule has 2 aromatic rings. The Kier molecular flexibility index (Phi) is 4.87. The molecule has 1 fully saturated rings. The van der Waals surface area contributed by atoms with Gasteiger partial charge in [-0.1, -0.05) is 0 Å². The van der Waals surface area contributed by atoms with Gasteiger partial charge < -0.3 is 14.2 Å². The van der Waals surface area contributed by atoms with Gasteiger partial charge in [0.2, 0.25) is 0 Å². The Morgan fingerprint density at radius 3 is 2.35 bits per heavy atom. The Morgan fingerprint density at radius 2 is 1.81 bits per heavy atom. The second kappa shape index (κ2) is 6.96. The molecule has 1 aromatic carbocycles. The number of rotatable bonds is 4. The molecule has 0 saturated carbocycles. The molecule has 1 amide bonds. The van der Waals surface area contributed by atoms with Gasteiger partial charge >= 0.3 is 0 Å². The molecule has 136 valence electrons. The normalized spacial score (nSPS) is 16.1.